The monoisotopic (exact) mass is 374 g/mol. The Labute approximate surface area is 151 Å². The van der Waals surface area contributed by atoms with Crippen LogP contribution in [-0.2, 0) is 4.74 Å². The minimum atomic E-state index is -4.74. The molecule has 1 amide bonds. The third-order valence-corrected chi connectivity index (χ3v) is 4.15. The quantitative estimate of drug-likeness (QED) is 0.797. The summed E-state index contributed by atoms with van der Waals surface area (Å²) in [6, 6.07) is 5.12. The van der Waals surface area contributed by atoms with Crippen molar-refractivity contribution in [1.29, 1.82) is 0 Å². The van der Waals surface area contributed by atoms with Gasteiger partial charge in [-0.25, -0.2) is 0 Å². The van der Waals surface area contributed by atoms with E-state index in [1.807, 2.05) is 0 Å². The maximum absolute atomic E-state index is 12.3. The highest BCUT2D eigenvalue weighted by atomic mass is 19.4. The summed E-state index contributed by atoms with van der Waals surface area (Å²) in [6.07, 6.45) is -3.80. The smallest absolute Gasteiger partial charge is 0.406 e. The molecule has 1 aliphatic rings. The van der Waals surface area contributed by atoms with Gasteiger partial charge in [0.2, 0.25) is 0 Å². The fourth-order valence-corrected chi connectivity index (χ4v) is 2.97. The Bertz CT molecular complexity index is 570. The molecule has 0 bridgehead atoms. The number of ether oxygens (including phenoxy) is 2. The van der Waals surface area contributed by atoms with E-state index in [0.29, 0.717) is 31.2 Å². The van der Waals surface area contributed by atoms with Gasteiger partial charge in [-0.3, -0.25) is 9.69 Å². The van der Waals surface area contributed by atoms with E-state index in [9.17, 15) is 18.0 Å². The number of halogens is 3. The molecule has 1 N–H and O–H groups in total. The minimum Gasteiger partial charge on any atom is -0.406 e. The summed E-state index contributed by atoms with van der Waals surface area (Å²) in [5, 5.41) is 2.88. The van der Waals surface area contributed by atoms with E-state index >= 15 is 0 Å². The van der Waals surface area contributed by atoms with Crippen LogP contribution in [0.15, 0.2) is 24.3 Å². The van der Waals surface area contributed by atoms with Gasteiger partial charge in [-0.1, -0.05) is 13.8 Å². The summed E-state index contributed by atoms with van der Waals surface area (Å²) >= 11 is 0. The van der Waals surface area contributed by atoms with Gasteiger partial charge in [-0.15, -0.1) is 13.2 Å². The fraction of sp³-hybridized carbons (Fsp3) is 0.611. The molecule has 0 aliphatic carbocycles. The molecule has 1 fully saturated rings. The molecule has 0 radical (unpaired) electrons. The normalized spacial score (nSPS) is 17.2. The van der Waals surface area contributed by atoms with Gasteiger partial charge in [0, 0.05) is 31.2 Å². The van der Waals surface area contributed by atoms with E-state index in [1.165, 1.54) is 12.1 Å². The molecule has 1 aromatic rings. The summed E-state index contributed by atoms with van der Waals surface area (Å²) in [4.78, 5) is 14.6. The van der Waals surface area contributed by atoms with Crippen LogP contribution in [0.5, 0.6) is 5.75 Å². The molecular formula is C18H25F3N2O3. The van der Waals surface area contributed by atoms with Crippen molar-refractivity contribution in [3.63, 3.8) is 0 Å². The lowest BCUT2D eigenvalue weighted by Crippen LogP contribution is -2.49. The van der Waals surface area contributed by atoms with Crippen LogP contribution in [0.2, 0.25) is 0 Å². The first-order valence-corrected chi connectivity index (χ1v) is 8.70. The minimum absolute atomic E-state index is 0.204. The lowest BCUT2D eigenvalue weighted by molar-refractivity contribution is -0.274. The van der Waals surface area contributed by atoms with Crippen molar-refractivity contribution in [3.05, 3.63) is 29.8 Å². The first-order valence-electron chi connectivity index (χ1n) is 8.70. The standard InChI is InChI=1S/C18H25F3N2O3/c1-13(2)11-15(23-7-9-25-10-8-23)12-22-17(24)14-3-5-16(6-4-14)26-18(19,20)21/h3-6,13,15H,7-12H2,1-2H3,(H,22,24). The first kappa shape index (κ1) is 20.5. The molecule has 0 saturated carbocycles. The predicted molar refractivity (Wildman–Crippen MR) is 91.1 cm³/mol. The molecule has 1 aliphatic heterocycles. The van der Waals surface area contributed by atoms with Gasteiger partial charge in [0.15, 0.2) is 0 Å². The maximum Gasteiger partial charge on any atom is 0.573 e. The van der Waals surface area contributed by atoms with E-state index in [-0.39, 0.29) is 17.7 Å². The summed E-state index contributed by atoms with van der Waals surface area (Å²) in [6.45, 7) is 7.78. The van der Waals surface area contributed by atoms with Crippen LogP contribution in [0.4, 0.5) is 13.2 Å². The van der Waals surface area contributed by atoms with Crippen LogP contribution in [0.3, 0.4) is 0 Å². The van der Waals surface area contributed by atoms with Crippen molar-refractivity contribution in [2.75, 3.05) is 32.8 Å². The lowest BCUT2D eigenvalue weighted by Gasteiger charge is -2.35. The molecule has 2 rings (SSSR count). The number of carbonyl (C=O) groups excluding carboxylic acids is 1. The summed E-state index contributed by atoms with van der Waals surface area (Å²) in [5.74, 6) is -0.177. The van der Waals surface area contributed by atoms with Crippen molar-refractivity contribution < 1.29 is 27.4 Å². The molecule has 1 heterocycles. The third-order valence-electron chi connectivity index (χ3n) is 4.15. The number of alkyl halides is 3. The number of nitrogens with one attached hydrogen (secondary N) is 1. The highest BCUT2D eigenvalue weighted by Crippen LogP contribution is 2.22. The first-order chi connectivity index (χ1) is 12.2. The second kappa shape index (κ2) is 9.23. The third kappa shape index (κ3) is 6.84. The number of rotatable bonds is 7. The summed E-state index contributed by atoms with van der Waals surface area (Å²) in [5.41, 5.74) is 0.296. The van der Waals surface area contributed by atoms with Gasteiger partial charge in [0.25, 0.3) is 5.91 Å². The van der Waals surface area contributed by atoms with Crippen molar-refractivity contribution in [3.8, 4) is 5.75 Å². The molecule has 8 heteroatoms. The van der Waals surface area contributed by atoms with Gasteiger partial charge in [0.05, 0.1) is 13.2 Å². The van der Waals surface area contributed by atoms with E-state index < -0.39 is 6.36 Å². The average molecular weight is 374 g/mol. The van der Waals surface area contributed by atoms with Gasteiger partial charge < -0.3 is 14.8 Å². The molecule has 1 aromatic carbocycles. The molecule has 0 aromatic heterocycles. The largest absolute Gasteiger partial charge is 0.573 e. The number of nitrogens with zero attached hydrogens (tertiary/aromatic N) is 1. The number of carbonyl (C=O) groups is 1. The Hall–Kier alpha value is -1.80. The van der Waals surface area contributed by atoms with Crippen molar-refractivity contribution >= 4 is 5.91 Å². The second-order valence-corrected chi connectivity index (χ2v) is 6.71. The second-order valence-electron chi connectivity index (χ2n) is 6.71. The highest BCUT2D eigenvalue weighted by molar-refractivity contribution is 5.94. The van der Waals surface area contributed by atoms with E-state index in [1.54, 1.807) is 0 Å². The van der Waals surface area contributed by atoms with Gasteiger partial charge >= 0.3 is 6.36 Å². The Morgan fingerprint density at radius 2 is 1.85 bits per heavy atom. The molecule has 0 spiro atoms. The van der Waals surface area contributed by atoms with Crippen LogP contribution in [0, 0.1) is 5.92 Å². The number of amides is 1. The van der Waals surface area contributed by atoms with E-state index in [4.69, 9.17) is 4.74 Å². The number of benzene rings is 1. The zero-order chi connectivity index (χ0) is 19.2. The van der Waals surface area contributed by atoms with Crippen LogP contribution in [0.1, 0.15) is 30.6 Å². The maximum atomic E-state index is 12.3. The Balaban J connectivity index is 1.92. The van der Waals surface area contributed by atoms with Crippen molar-refractivity contribution in [2.24, 2.45) is 5.92 Å². The van der Waals surface area contributed by atoms with Gasteiger partial charge in [-0.2, -0.15) is 0 Å². The Morgan fingerprint density at radius 3 is 2.38 bits per heavy atom. The molecule has 1 saturated heterocycles. The highest BCUT2D eigenvalue weighted by Gasteiger charge is 2.31. The number of morpholine rings is 1. The van der Waals surface area contributed by atoms with E-state index in [2.05, 4.69) is 28.8 Å². The van der Waals surface area contributed by atoms with Crippen LogP contribution in [0.25, 0.3) is 0 Å². The zero-order valence-corrected chi connectivity index (χ0v) is 15.0. The molecule has 5 nitrogen and oxygen atoms in total. The van der Waals surface area contributed by atoms with Crippen LogP contribution in [-0.4, -0.2) is 56.1 Å². The van der Waals surface area contributed by atoms with Crippen molar-refractivity contribution in [2.45, 2.75) is 32.7 Å². The SMILES string of the molecule is CC(C)CC(CNC(=O)c1ccc(OC(F)(F)F)cc1)N1CCOCC1. The molecular weight excluding hydrogens is 349 g/mol. The fourth-order valence-electron chi connectivity index (χ4n) is 2.97. The summed E-state index contributed by atoms with van der Waals surface area (Å²) in [7, 11) is 0. The molecule has 1 unspecified atom stereocenters. The summed E-state index contributed by atoms with van der Waals surface area (Å²) < 4.78 is 45.7. The molecule has 1 atom stereocenters. The van der Waals surface area contributed by atoms with Gasteiger partial charge in [0.1, 0.15) is 5.75 Å². The molecule has 146 valence electrons. The number of hydrogen-bond acceptors (Lipinski definition) is 4. The number of hydrogen-bond donors (Lipinski definition) is 1. The van der Waals surface area contributed by atoms with Crippen LogP contribution < -0.4 is 10.1 Å². The Kier molecular flexibility index (Phi) is 7.28. The zero-order valence-electron chi connectivity index (χ0n) is 15.0. The lowest BCUT2D eigenvalue weighted by atomic mass is 10.0. The van der Waals surface area contributed by atoms with Gasteiger partial charge in [-0.05, 0) is 36.6 Å². The topological polar surface area (TPSA) is 50.8 Å². The Morgan fingerprint density at radius 1 is 1.23 bits per heavy atom. The average Bonchev–Trinajstić information content (AvgIpc) is 2.58. The predicted octanol–water partition coefficient (Wildman–Crippen LogP) is 3.06. The van der Waals surface area contributed by atoms with Crippen LogP contribution >= 0.6 is 0 Å². The van der Waals surface area contributed by atoms with E-state index in [0.717, 1.165) is 31.6 Å². The van der Waals surface area contributed by atoms with Crippen molar-refractivity contribution in [1.82, 2.24) is 10.2 Å². The molecule has 26 heavy (non-hydrogen) atoms.